The highest BCUT2D eigenvalue weighted by Gasteiger charge is 2.13. The fraction of sp³-hybridized carbons (Fsp3) is 0.647. The topological polar surface area (TPSA) is 12.0 Å². The Morgan fingerprint density at radius 2 is 1.61 bits per heavy atom. The van der Waals surface area contributed by atoms with E-state index in [-0.39, 0.29) is 0 Å². The molecule has 1 aromatic rings. The first-order chi connectivity index (χ1) is 8.56. The second-order valence-corrected chi connectivity index (χ2v) is 5.75. The van der Waals surface area contributed by atoms with E-state index in [1.807, 2.05) is 0 Å². The molecule has 0 heterocycles. The van der Waals surface area contributed by atoms with Crippen LogP contribution in [0.2, 0.25) is 0 Å². The molecule has 0 saturated heterocycles. The molecular formula is C17H29N. The van der Waals surface area contributed by atoms with Crippen LogP contribution in [0.5, 0.6) is 0 Å². The van der Waals surface area contributed by atoms with Gasteiger partial charge in [0.15, 0.2) is 0 Å². The maximum atomic E-state index is 3.75. The lowest BCUT2D eigenvalue weighted by Gasteiger charge is -2.24. The largest absolute Gasteiger partial charge is 0.307 e. The molecule has 1 rings (SSSR count). The van der Waals surface area contributed by atoms with Crippen molar-refractivity contribution in [2.24, 2.45) is 5.92 Å². The molecule has 1 N–H and O–H groups in total. The van der Waals surface area contributed by atoms with Crippen LogP contribution in [0, 0.1) is 5.92 Å². The molecular weight excluding hydrogens is 218 g/mol. The Kier molecular flexibility index (Phi) is 6.42. The maximum Gasteiger partial charge on any atom is 0.0319 e. The Balaban J connectivity index is 2.64. The zero-order valence-electron chi connectivity index (χ0n) is 12.7. The summed E-state index contributed by atoms with van der Waals surface area (Å²) in [5, 5.41) is 3.75. The summed E-state index contributed by atoms with van der Waals surface area (Å²) in [6.45, 7) is 11.3. The van der Waals surface area contributed by atoms with E-state index in [4.69, 9.17) is 0 Å². The highest BCUT2D eigenvalue weighted by atomic mass is 14.9. The molecule has 0 amide bonds. The van der Waals surface area contributed by atoms with Gasteiger partial charge in [-0.25, -0.2) is 0 Å². The molecule has 1 aromatic carbocycles. The van der Waals surface area contributed by atoms with Crippen LogP contribution in [0.25, 0.3) is 0 Å². The normalized spacial score (nSPS) is 14.8. The van der Waals surface area contributed by atoms with Crippen LogP contribution in [0.1, 0.15) is 64.6 Å². The van der Waals surface area contributed by atoms with Crippen LogP contribution in [-0.4, -0.2) is 6.04 Å². The first-order valence-corrected chi connectivity index (χ1v) is 7.41. The Morgan fingerprint density at radius 1 is 1.00 bits per heavy atom. The lowest BCUT2D eigenvalue weighted by Crippen LogP contribution is -2.31. The van der Waals surface area contributed by atoms with Gasteiger partial charge in [0, 0.05) is 12.1 Å². The van der Waals surface area contributed by atoms with Gasteiger partial charge in [-0.3, -0.25) is 0 Å². The fourth-order valence-electron chi connectivity index (χ4n) is 2.55. The van der Waals surface area contributed by atoms with Crippen LogP contribution < -0.4 is 5.32 Å². The van der Waals surface area contributed by atoms with Crippen molar-refractivity contribution in [3.05, 3.63) is 35.4 Å². The third-order valence-electron chi connectivity index (χ3n) is 3.51. The first-order valence-electron chi connectivity index (χ1n) is 7.41. The van der Waals surface area contributed by atoms with Gasteiger partial charge in [-0.2, -0.15) is 0 Å². The van der Waals surface area contributed by atoms with Crippen LogP contribution in [-0.2, 0) is 6.42 Å². The summed E-state index contributed by atoms with van der Waals surface area (Å²) >= 11 is 0. The summed E-state index contributed by atoms with van der Waals surface area (Å²) in [5.74, 6) is 0.757. The van der Waals surface area contributed by atoms with Crippen molar-refractivity contribution in [2.75, 3.05) is 0 Å². The molecule has 1 heteroatoms. The highest BCUT2D eigenvalue weighted by molar-refractivity contribution is 5.25. The van der Waals surface area contributed by atoms with Crippen LogP contribution >= 0.6 is 0 Å². The standard InChI is InChI=1S/C17H29N/c1-6-15-8-10-16(11-9-15)17(7-2)18-14(5)12-13(3)4/h8-11,13-14,17-18H,6-7,12H2,1-5H3. The number of rotatable bonds is 7. The van der Waals surface area contributed by atoms with Gasteiger partial charge in [0.1, 0.15) is 0 Å². The van der Waals surface area contributed by atoms with Gasteiger partial charge in [0.05, 0.1) is 0 Å². The van der Waals surface area contributed by atoms with Gasteiger partial charge >= 0.3 is 0 Å². The molecule has 0 aliphatic carbocycles. The molecule has 0 spiro atoms. The molecule has 2 atom stereocenters. The smallest absolute Gasteiger partial charge is 0.0319 e. The van der Waals surface area contributed by atoms with E-state index in [0.717, 1.165) is 18.8 Å². The average Bonchev–Trinajstić information content (AvgIpc) is 2.35. The van der Waals surface area contributed by atoms with Crippen molar-refractivity contribution in [1.29, 1.82) is 0 Å². The van der Waals surface area contributed by atoms with E-state index >= 15 is 0 Å². The number of benzene rings is 1. The minimum absolute atomic E-state index is 0.490. The Hall–Kier alpha value is -0.820. The van der Waals surface area contributed by atoms with Crippen molar-refractivity contribution in [3.63, 3.8) is 0 Å². The summed E-state index contributed by atoms with van der Waals surface area (Å²) in [6.07, 6.45) is 3.51. The number of aryl methyl sites for hydroxylation is 1. The summed E-state index contributed by atoms with van der Waals surface area (Å²) in [6, 6.07) is 10.1. The zero-order valence-corrected chi connectivity index (χ0v) is 12.7. The minimum atomic E-state index is 0.490. The minimum Gasteiger partial charge on any atom is -0.307 e. The molecule has 0 aliphatic rings. The lowest BCUT2D eigenvalue weighted by molar-refractivity contribution is 0.388. The third kappa shape index (κ3) is 4.81. The molecule has 18 heavy (non-hydrogen) atoms. The average molecular weight is 247 g/mol. The highest BCUT2D eigenvalue weighted by Crippen LogP contribution is 2.19. The third-order valence-corrected chi connectivity index (χ3v) is 3.51. The summed E-state index contributed by atoms with van der Waals surface area (Å²) in [4.78, 5) is 0. The number of hydrogen-bond donors (Lipinski definition) is 1. The van der Waals surface area contributed by atoms with Gasteiger partial charge in [0.25, 0.3) is 0 Å². The van der Waals surface area contributed by atoms with Crippen LogP contribution in [0.15, 0.2) is 24.3 Å². The van der Waals surface area contributed by atoms with Gasteiger partial charge < -0.3 is 5.32 Å². The predicted molar refractivity (Wildman–Crippen MR) is 80.9 cm³/mol. The molecule has 0 aromatic heterocycles. The van der Waals surface area contributed by atoms with Crippen molar-refractivity contribution in [2.45, 2.75) is 66.0 Å². The lowest BCUT2D eigenvalue weighted by atomic mass is 9.99. The second kappa shape index (κ2) is 7.58. The molecule has 0 saturated carbocycles. The SMILES string of the molecule is CCc1ccc(C(CC)NC(C)CC(C)C)cc1. The molecule has 1 nitrogen and oxygen atoms in total. The van der Waals surface area contributed by atoms with Crippen molar-refractivity contribution >= 4 is 0 Å². The quantitative estimate of drug-likeness (QED) is 0.735. The summed E-state index contributed by atoms with van der Waals surface area (Å²) in [5.41, 5.74) is 2.84. The van der Waals surface area contributed by atoms with Crippen LogP contribution in [0.4, 0.5) is 0 Å². The van der Waals surface area contributed by atoms with E-state index < -0.39 is 0 Å². The van der Waals surface area contributed by atoms with Gasteiger partial charge in [-0.15, -0.1) is 0 Å². The monoisotopic (exact) mass is 247 g/mol. The summed E-state index contributed by atoms with van der Waals surface area (Å²) in [7, 11) is 0. The van der Waals surface area contributed by atoms with Gasteiger partial charge in [-0.05, 0) is 43.2 Å². The number of hydrogen-bond acceptors (Lipinski definition) is 1. The predicted octanol–water partition coefficient (Wildman–Crippen LogP) is 4.72. The van der Waals surface area contributed by atoms with Crippen molar-refractivity contribution in [3.8, 4) is 0 Å². The van der Waals surface area contributed by atoms with E-state index in [1.165, 1.54) is 17.5 Å². The fourth-order valence-corrected chi connectivity index (χ4v) is 2.55. The second-order valence-electron chi connectivity index (χ2n) is 5.75. The Bertz CT molecular complexity index is 326. The van der Waals surface area contributed by atoms with Crippen molar-refractivity contribution < 1.29 is 0 Å². The van der Waals surface area contributed by atoms with E-state index in [0.29, 0.717) is 12.1 Å². The molecule has 0 radical (unpaired) electrons. The van der Waals surface area contributed by atoms with Gasteiger partial charge in [-0.1, -0.05) is 52.0 Å². The summed E-state index contributed by atoms with van der Waals surface area (Å²) < 4.78 is 0. The molecule has 0 bridgehead atoms. The molecule has 102 valence electrons. The van der Waals surface area contributed by atoms with E-state index in [1.54, 1.807) is 0 Å². The zero-order chi connectivity index (χ0) is 13.5. The van der Waals surface area contributed by atoms with E-state index in [2.05, 4.69) is 64.2 Å². The van der Waals surface area contributed by atoms with E-state index in [9.17, 15) is 0 Å². The Labute approximate surface area is 113 Å². The first kappa shape index (κ1) is 15.2. The number of nitrogens with one attached hydrogen (secondary N) is 1. The molecule has 0 fully saturated rings. The van der Waals surface area contributed by atoms with Gasteiger partial charge in [0.2, 0.25) is 0 Å². The Morgan fingerprint density at radius 3 is 2.06 bits per heavy atom. The molecule has 2 unspecified atom stereocenters. The molecule has 0 aliphatic heterocycles. The van der Waals surface area contributed by atoms with Crippen molar-refractivity contribution in [1.82, 2.24) is 5.32 Å². The van der Waals surface area contributed by atoms with Crippen LogP contribution in [0.3, 0.4) is 0 Å². The maximum absolute atomic E-state index is 3.75.